The molecule has 0 aliphatic carbocycles. The predicted molar refractivity (Wildman–Crippen MR) is 93.1 cm³/mol. The Morgan fingerprint density at radius 2 is 1.96 bits per heavy atom. The molecule has 128 valence electrons. The Labute approximate surface area is 149 Å². The molecule has 0 aliphatic heterocycles. The molecule has 1 aromatic heterocycles. The van der Waals surface area contributed by atoms with E-state index < -0.39 is 0 Å². The minimum atomic E-state index is -0.217. The topological polar surface area (TPSA) is 81.9 Å². The molecule has 0 aliphatic rings. The molecule has 0 atom stereocenters. The molecule has 0 saturated heterocycles. The number of tetrazole rings is 1. The van der Waals surface area contributed by atoms with E-state index in [1.54, 1.807) is 31.4 Å². The van der Waals surface area contributed by atoms with Gasteiger partial charge in [0.25, 0.3) is 0 Å². The van der Waals surface area contributed by atoms with Crippen molar-refractivity contribution in [3.63, 3.8) is 0 Å². The van der Waals surface area contributed by atoms with Gasteiger partial charge in [0.05, 0.1) is 7.11 Å². The zero-order valence-corrected chi connectivity index (χ0v) is 14.3. The van der Waals surface area contributed by atoms with Crippen molar-refractivity contribution < 1.29 is 9.53 Å². The quantitative estimate of drug-likeness (QED) is 0.732. The Bertz CT molecular complexity index is 863. The number of benzene rings is 2. The summed E-state index contributed by atoms with van der Waals surface area (Å²) in [5.74, 6) is 0.951. The van der Waals surface area contributed by atoms with Crippen molar-refractivity contribution in [3.05, 3.63) is 59.1 Å². The molecular weight excluding hydrogens is 342 g/mol. The van der Waals surface area contributed by atoms with Gasteiger partial charge in [0.1, 0.15) is 12.3 Å². The van der Waals surface area contributed by atoms with E-state index in [0.29, 0.717) is 17.4 Å². The first-order chi connectivity index (χ1) is 12.2. The van der Waals surface area contributed by atoms with Gasteiger partial charge in [-0.1, -0.05) is 29.8 Å². The maximum atomic E-state index is 12.1. The number of nitrogens with one attached hydrogen (secondary N) is 1. The predicted octanol–water partition coefficient (Wildman–Crippen LogP) is 2.32. The normalized spacial score (nSPS) is 10.5. The van der Waals surface area contributed by atoms with Gasteiger partial charge in [-0.15, -0.1) is 10.2 Å². The lowest BCUT2D eigenvalue weighted by atomic mass is 10.2. The summed E-state index contributed by atoms with van der Waals surface area (Å²) in [7, 11) is 1.60. The van der Waals surface area contributed by atoms with Crippen molar-refractivity contribution in [1.82, 2.24) is 25.5 Å². The second-order valence-corrected chi connectivity index (χ2v) is 5.68. The molecular formula is C17H16ClN5O2. The van der Waals surface area contributed by atoms with Gasteiger partial charge >= 0.3 is 0 Å². The standard InChI is InChI=1S/C17H16ClN5O2/c1-25-15-5-3-2-4-13(15)10-19-16(24)11-23-21-17(20-22-23)12-6-8-14(18)9-7-12/h2-9H,10-11H2,1H3,(H,19,24). The minimum absolute atomic E-state index is 0.0181. The highest BCUT2D eigenvalue weighted by Crippen LogP contribution is 2.17. The van der Waals surface area contributed by atoms with Crippen molar-refractivity contribution in [2.45, 2.75) is 13.1 Å². The lowest BCUT2D eigenvalue weighted by Gasteiger charge is -2.09. The fourth-order valence-electron chi connectivity index (χ4n) is 2.25. The third-order valence-electron chi connectivity index (χ3n) is 3.51. The number of amides is 1. The van der Waals surface area contributed by atoms with Crippen LogP contribution in [0, 0.1) is 0 Å². The number of ether oxygens (including phenoxy) is 1. The van der Waals surface area contributed by atoms with Gasteiger partial charge < -0.3 is 10.1 Å². The van der Waals surface area contributed by atoms with Crippen LogP contribution in [-0.2, 0) is 17.9 Å². The van der Waals surface area contributed by atoms with Crippen molar-refractivity contribution in [2.24, 2.45) is 0 Å². The summed E-state index contributed by atoms with van der Waals surface area (Å²) in [6, 6.07) is 14.6. The number of rotatable bonds is 6. The number of para-hydroxylation sites is 1. The van der Waals surface area contributed by atoms with E-state index in [1.165, 1.54) is 4.80 Å². The molecule has 0 spiro atoms. The molecule has 1 heterocycles. The van der Waals surface area contributed by atoms with Crippen LogP contribution in [0.2, 0.25) is 5.02 Å². The number of aromatic nitrogens is 4. The summed E-state index contributed by atoms with van der Waals surface area (Å²) >= 11 is 5.86. The van der Waals surface area contributed by atoms with Gasteiger partial charge in [0.15, 0.2) is 0 Å². The smallest absolute Gasteiger partial charge is 0.243 e. The van der Waals surface area contributed by atoms with E-state index >= 15 is 0 Å². The molecule has 3 rings (SSSR count). The van der Waals surface area contributed by atoms with Crippen LogP contribution >= 0.6 is 11.6 Å². The second kappa shape index (κ2) is 7.76. The number of carbonyl (C=O) groups excluding carboxylic acids is 1. The van der Waals surface area contributed by atoms with Gasteiger partial charge in [-0.05, 0) is 35.5 Å². The molecule has 1 amide bonds. The van der Waals surface area contributed by atoms with E-state index in [2.05, 4.69) is 20.7 Å². The zero-order chi connectivity index (χ0) is 17.6. The lowest BCUT2D eigenvalue weighted by molar-refractivity contribution is -0.122. The second-order valence-electron chi connectivity index (χ2n) is 5.24. The molecule has 3 aromatic rings. The third kappa shape index (κ3) is 4.33. The number of hydrogen-bond donors (Lipinski definition) is 1. The fourth-order valence-corrected chi connectivity index (χ4v) is 2.38. The lowest BCUT2D eigenvalue weighted by Crippen LogP contribution is -2.28. The highest BCUT2D eigenvalue weighted by molar-refractivity contribution is 6.30. The molecule has 0 bridgehead atoms. The van der Waals surface area contributed by atoms with E-state index in [-0.39, 0.29) is 12.5 Å². The van der Waals surface area contributed by atoms with Crippen molar-refractivity contribution in [2.75, 3.05) is 7.11 Å². The third-order valence-corrected chi connectivity index (χ3v) is 3.76. The highest BCUT2D eigenvalue weighted by atomic mass is 35.5. The largest absolute Gasteiger partial charge is 0.496 e. The van der Waals surface area contributed by atoms with Crippen LogP contribution < -0.4 is 10.1 Å². The molecule has 8 heteroatoms. The van der Waals surface area contributed by atoms with Crippen LogP contribution in [0.5, 0.6) is 5.75 Å². The summed E-state index contributed by atoms with van der Waals surface area (Å²) < 4.78 is 5.26. The summed E-state index contributed by atoms with van der Waals surface area (Å²) in [5.41, 5.74) is 1.68. The number of methoxy groups -OCH3 is 1. The van der Waals surface area contributed by atoms with Crippen molar-refractivity contribution in [1.29, 1.82) is 0 Å². The maximum Gasteiger partial charge on any atom is 0.243 e. The van der Waals surface area contributed by atoms with Crippen LogP contribution in [0.1, 0.15) is 5.56 Å². The maximum absolute atomic E-state index is 12.1. The highest BCUT2D eigenvalue weighted by Gasteiger charge is 2.10. The minimum Gasteiger partial charge on any atom is -0.496 e. The molecule has 0 saturated carbocycles. The summed E-state index contributed by atoms with van der Waals surface area (Å²) in [6.07, 6.45) is 0. The fraction of sp³-hybridized carbons (Fsp3) is 0.176. The van der Waals surface area contributed by atoms with Crippen LogP contribution in [0.4, 0.5) is 0 Å². The monoisotopic (exact) mass is 357 g/mol. The van der Waals surface area contributed by atoms with Crippen LogP contribution in [0.25, 0.3) is 11.4 Å². The Balaban J connectivity index is 1.59. The van der Waals surface area contributed by atoms with Gasteiger partial charge in [0, 0.05) is 22.7 Å². The van der Waals surface area contributed by atoms with E-state index in [1.807, 2.05) is 24.3 Å². The summed E-state index contributed by atoms with van der Waals surface area (Å²) in [5, 5.41) is 15.5. The van der Waals surface area contributed by atoms with Crippen LogP contribution in [-0.4, -0.2) is 33.2 Å². The number of carbonyl (C=O) groups is 1. The molecule has 25 heavy (non-hydrogen) atoms. The first-order valence-corrected chi connectivity index (χ1v) is 7.96. The Kier molecular flexibility index (Phi) is 5.25. The van der Waals surface area contributed by atoms with Gasteiger partial charge in [-0.2, -0.15) is 4.80 Å². The van der Waals surface area contributed by atoms with E-state index in [9.17, 15) is 4.79 Å². The van der Waals surface area contributed by atoms with Gasteiger partial charge in [0.2, 0.25) is 11.7 Å². The zero-order valence-electron chi connectivity index (χ0n) is 13.5. The van der Waals surface area contributed by atoms with Gasteiger partial charge in [-0.25, -0.2) is 0 Å². The molecule has 0 radical (unpaired) electrons. The average molecular weight is 358 g/mol. The van der Waals surface area contributed by atoms with E-state index in [4.69, 9.17) is 16.3 Å². The average Bonchev–Trinajstić information content (AvgIpc) is 3.09. The number of halogens is 1. The van der Waals surface area contributed by atoms with Gasteiger partial charge in [-0.3, -0.25) is 4.79 Å². The van der Waals surface area contributed by atoms with Crippen molar-refractivity contribution >= 4 is 17.5 Å². The SMILES string of the molecule is COc1ccccc1CNC(=O)Cn1nnc(-c2ccc(Cl)cc2)n1. The molecule has 7 nitrogen and oxygen atoms in total. The Morgan fingerprint density at radius 3 is 2.72 bits per heavy atom. The molecule has 2 aromatic carbocycles. The Morgan fingerprint density at radius 1 is 1.20 bits per heavy atom. The molecule has 0 fully saturated rings. The first kappa shape index (κ1) is 16.9. The summed E-state index contributed by atoms with van der Waals surface area (Å²) in [4.78, 5) is 13.3. The molecule has 1 N–H and O–H groups in total. The van der Waals surface area contributed by atoms with Crippen LogP contribution in [0.3, 0.4) is 0 Å². The number of hydrogen-bond acceptors (Lipinski definition) is 5. The number of nitrogens with zero attached hydrogens (tertiary/aromatic N) is 4. The van der Waals surface area contributed by atoms with Crippen LogP contribution in [0.15, 0.2) is 48.5 Å². The summed E-state index contributed by atoms with van der Waals surface area (Å²) in [6.45, 7) is 0.345. The van der Waals surface area contributed by atoms with Crippen molar-refractivity contribution in [3.8, 4) is 17.1 Å². The first-order valence-electron chi connectivity index (χ1n) is 7.58. The molecule has 0 unspecified atom stereocenters. The Hall–Kier alpha value is -2.93. The van der Waals surface area contributed by atoms with E-state index in [0.717, 1.165) is 16.9 Å².